The van der Waals surface area contributed by atoms with E-state index in [1.165, 1.54) is 33.3 Å². The summed E-state index contributed by atoms with van der Waals surface area (Å²) in [5, 5.41) is 36.1. The molecule has 0 unspecified atom stereocenters. The predicted molar refractivity (Wildman–Crippen MR) is 135 cm³/mol. The number of anilines is 2. The van der Waals surface area contributed by atoms with Crippen LogP contribution >= 0.6 is 15.9 Å². The fraction of sp³-hybridized carbons (Fsp3) is 0.333. The average molecular weight is 583 g/mol. The molecule has 198 valence electrons. The number of methoxy groups -OCH3 is 2. The molecule has 0 aliphatic rings. The molecule has 0 heterocycles. The largest absolute Gasteiger partial charge is 0.495 e. The van der Waals surface area contributed by atoms with Gasteiger partial charge in [0.1, 0.15) is 18.0 Å². The van der Waals surface area contributed by atoms with Crippen LogP contribution in [0.25, 0.3) is 0 Å². The van der Waals surface area contributed by atoms with Crippen molar-refractivity contribution < 1.29 is 33.6 Å². The highest BCUT2D eigenvalue weighted by molar-refractivity contribution is 9.10. The Balaban J connectivity index is 2.38. The SMILES string of the molecule is COCCOC(=O)CCNc1cc(NC(C)=O)c(N=Nc2c(Br)cc([N+](=O)[O-])cc2[N+](=O)[O-])cc1OC. The lowest BCUT2D eigenvalue weighted by atomic mass is 10.2. The molecule has 16 heteroatoms. The van der Waals surface area contributed by atoms with Crippen molar-refractivity contribution in [1.82, 2.24) is 0 Å². The second-order valence-corrected chi connectivity index (χ2v) is 8.00. The number of ether oxygens (including phenoxy) is 3. The standard InChI is InChI=1S/C21H23BrN6O9/c1-12(29)24-15-10-17(23-5-4-20(30)37-7-6-35-2)19(36-3)11-16(15)25-26-21-14(22)8-13(27(31)32)9-18(21)28(33)34/h8-11,23H,4-7H2,1-3H3,(H,24,29). The topological polar surface area (TPSA) is 197 Å². The predicted octanol–water partition coefficient (Wildman–Crippen LogP) is 4.64. The Labute approximate surface area is 218 Å². The van der Waals surface area contributed by atoms with E-state index in [9.17, 15) is 29.8 Å². The van der Waals surface area contributed by atoms with Crippen LogP contribution in [-0.2, 0) is 19.1 Å². The van der Waals surface area contributed by atoms with E-state index in [2.05, 4.69) is 36.8 Å². The zero-order valence-electron chi connectivity index (χ0n) is 20.0. The first-order valence-corrected chi connectivity index (χ1v) is 11.3. The van der Waals surface area contributed by atoms with Crippen LogP contribution in [0.2, 0.25) is 0 Å². The molecule has 2 aromatic carbocycles. The number of carbonyl (C=O) groups is 2. The summed E-state index contributed by atoms with van der Waals surface area (Å²) in [6.07, 6.45) is 0.0433. The number of amides is 1. The summed E-state index contributed by atoms with van der Waals surface area (Å²) in [5.41, 5.74) is -0.737. The van der Waals surface area contributed by atoms with Crippen LogP contribution in [0.4, 0.5) is 34.1 Å². The normalized spacial score (nSPS) is 10.7. The summed E-state index contributed by atoms with van der Waals surface area (Å²) < 4.78 is 15.1. The second kappa shape index (κ2) is 13.8. The molecule has 0 saturated heterocycles. The van der Waals surface area contributed by atoms with E-state index in [0.29, 0.717) is 5.69 Å². The van der Waals surface area contributed by atoms with Crippen LogP contribution in [0.1, 0.15) is 13.3 Å². The highest BCUT2D eigenvalue weighted by Crippen LogP contribution is 2.42. The minimum absolute atomic E-state index is 0.0270. The minimum atomic E-state index is -0.825. The van der Waals surface area contributed by atoms with Crippen molar-refractivity contribution >= 4 is 61.9 Å². The number of esters is 1. The first-order valence-electron chi connectivity index (χ1n) is 10.5. The molecule has 2 rings (SSSR count). The van der Waals surface area contributed by atoms with E-state index in [0.717, 1.165) is 12.1 Å². The van der Waals surface area contributed by atoms with E-state index in [1.807, 2.05) is 0 Å². The fourth-order valence-corrected chi connectivity index (χ4v) is 3.39. The highest BCUT2D eigenvalue weighted by Gasteiger charge is 2.24. The monoisotopic (exact) mass is 582 g/mol. The molecule has 1 amide bonds. The number of nitro groups is 2. The Morgan fingerprint density at radius 2 is 1.76 bits per heavy atom. The molecule has 0 radical (unpaired) electrons. The molecule has 37 heavy (non-hydrogen) atoms. The maximum Gasteiger partial charge on any atom is 0.307 e. The number of non-ortho nitro benzene ring substituents is 1. The third-order valence-corrected chi connectivity index (χ3v) is 5.12. The third-order valence-electron chi connectivity index (χ3n) is 4.52. The molecule has 0 aliphatic heterocycles. The number of nitrogens with one attached hydrogen (secondary N) is 2. The lowest BCUT2D eigenvalue weighted by molar-refractivity contribution is -0.393. The van der Waals surface area contributed by atoms with Crippen LogP contribution in [0.5, 0.6) is 5.75 Å². The number of benzene rings is 2. The molecular formula is C21H23BrN6O9. The van der Waals surface area contributed by atoms with Gasteiger partial charge >= 0.3 is 11.7 Å². The van der Waals surface area contributed by atoms with Gasteiger partial charge in [-0.2, -0.15) is 0 Å². The van der Waals surface area contributed by atoms with Crippen LogP contribution in [0, 0.1) is 20.2 Å². The quantitative estimate of drug-likeness (QED) is 0.110. The fourth-order valence-electron chi connectivity index (χ4n) is 2.88. The number of nitrogens with zero attached hydrogens (tertiary/aromatic N) is 4. The summed E-state index contributed by atoms with van der Waals surface area (Å²) >= 11 is 3.05. The number of azo groups is 1. The van der Waals surface area contributed by atoms with E-state index in [4.69, 9.17) is 14.2 Å². The number of hydrogen-bond donors (Lipinski definition) is 2. The molecule has 0 bridgehead atoms. The Morgan fingerprint density at radius 1 is 1.03 bits per heavy atom. The first-order chi connectivity index (χ1) is 17.6. The van der Waals surface area contributed by atoms with Crippen LogP contribution in [0.3, 0.4) is 0 Å². The Kier molecular flexibility index (Phi) is 10.8. The maximum absolute atomic E-state index is 11.8. The number of carbonyl (C=O) groups excluding carboxylic acids is 2. The summed E-state index contributed by atoms with van der Waals surface area (Å²) in [4.78, 5) is 44.5. The lowest BCUT2D eigenvalue weighted by Gasteiger charge is -2.15. The zero-order valence-corrected chi connectivity index (χ0v) is 21.6. The van der Waals surface area contributed by atoms with Gasteiger partial charge in [0, 0.05) is 32.7 Å². The van der Waals surface area contributed by atoms with Crippen LogP contribution in [-0.4, -0.2) is 55.7 Å². The van der Waals surface area contributed by atoms with E-state index in [-0.39, 0.29) is 53.5 Å². The van der Waals surface area contributed by atoms with Crippen molar-refractivity contribution in [2.75, 3.05) is 44.6 Å². The summed E-state index contributed by atoms with van der Waals surface area (Å²) in [6.45, 7) is 1.87. The summed E-state index contributed by atoms with van der Waals surface area (Å²) in [5.74, 6) is -0.601. The van der Waals surface area contributed by atoms with Crippen molar-refractivity contribution in [3.05, 3.63) is 49.0 Å². The highest BCUT2D eigenvalue weighted by atomic mass is 79.9. The molecule has 0 fully saturated rings. The van der Waals surface area contributed by atoms with Crippen molar-refractivity contribution in [3.63, 3.8) is 0 Å². The minimum Gasteiger partial charge on any atom is -0.495 e. The van der Waals surface area contributed by atoms with Gasteiger partial charge in [0.15, 0.2) is 5.69 Å². The van der Waals surface area contributed by atoms with Gasteiger partial charge in [-0.05, 0) is 22.0 Å². The van der Waals surface area contributed by atoms with Gasteiger partial charge in [0.05, 0.1) is 51.9 Å². The summed E-state index contributed by atoms with van der Waals surface area (Å²) in [7, 11) is 2.87. The van der Waals surface area contributed by atoms with Gasteiger partial charge in [-0.15, -0.1) is 10.2 Å². The second-order valence-electron chi connectivity index (χ2n) is 7.15. The maximum atomic E-state index is 11.8. The molecule has 0 aromatic heterocycles. The smallest absolute Gasteiger partial charge is 0.307 e. The molecule has 15 nitrogen and oxygen atoms in total. The Morgan fingerprint density at radius 3 is 2.35 bits per heavy atom. The molecule has 0 aliphatic carbocycles. The van der Waals surface area contributed by atoms with Gasteiger partial charge in [-0.25, -0.2) is 0 Å². The van der Waals surface area contributed by atoms with Gasteiger partial charge in [-0.3, -0.25) is 29.8 Å². The van der Waals surface area contributed by atoms with Gasteiger partial charge in [-0.1, -0.05) is 0 Å². The molecule has 2 aromatic rings. The number of rotatable bonds is 13. The number of halogens is 1. The van der Waals surface area contributed by atoms with Crippen LogP contribution < -0.4 is 15.4 Å². The van der Waals surface area contributed by atoms with Crippen molar-refractivity contribution in [2.24, 2.45) is 10.2 Å². The van der Waals surface area contributed by atoms with E-state index < -0.39 is 33.1 Å². The molecule has 0 saturated carbocycles. The molecule has 0 atom stereocenters. The van der Waals surface area contributed by atoms with Gasteiger partial charge in [0.2, 0.25) is 5.91 Å². The van der Waals surface area contributed by atoms with Gasteiger partial charge in [0.25, 0.3) is 5.69 Å². The lowest BCUT2D eigenvalue weighted by Crippen LogP contribution is -2.14. The van der Waals surface area contributed by atoms with E-state index in [1.54, 1.807) is 0 Å². The Hall–Kier alpha value is -4.18. The average Bonchev–Trinajstić information content (AvgIpc) is 2.83. The van der Waals surface area contributed by atoms with Gasteiger partial charge < -0.3 is 24.8 Å². The van der Waals surface area contributed by atoms with Crippen molar-refractivity contribution in [1.29, 1.82) is 0 Å². The van der Waals surface area contributed by atoms with Crippen molar-refractivity contribution in [2.45, 2.75) is 13.3 Å². The first kappa shape index (κ1) is 29.1. The Bertz CT molecular complexity index is 1220. The zero-order chi connectivity index (χ0) is 27.5. The van der Waals surface area contributed by atoms with Crippen LogP contribution in [0.15, 0.2) is 39.0 Å². The summed E-state index contributed by atoms with van der Waals surface area (Å²) in [6, 6.07) is 4.73. The number of nitro benzene ring substituents is 2. The van der Waals surface area contributed by atoms with Crippen molar-refractivity contribution in [3.8, 4) is 5.75 Å². The molecule has 2 N–H and O–H groups in total. The molecule has 0 spiro atoms. The van der Waals surface area contributed by atoms with E-state index >= 15 is 0 Å². The number of hydrogen-bond acceptors (Lipinski definition) is 12. The molecular weight excluding hydrogens is 560 g/mol. The third kappa shape index (κ3) is 8.46.